The highest BCUT2D eigenvalue weighted by molar-refractivity contribution is 7.10. The van der Waals surface area contributed by atoms with E-state index in [4.69, 9.17) is 23.2 Å². The molecule has 0 saturated carbocycles. The number of thiophene rings is 1. The summed E-state index contributed by atoms with van der Waals surface area (Å²) in [6.45, 7) is 2.26. The fraction of sp³-hybridized carbons (Fsp3) is 0.312. The molecule has 21 heavy (non-hydrogen) atoms. The largest absolute Gasteiger partial charge is 0.321 e. The van der Waals surface area contributed by atoms with E-state index < -0.39 is 0 Å². The highest BCUT2D eigenvalue weighted by Gasteiger charge is 2.23. The highest BCUT2D eigenvalue weighted by atomic mass is 35.5. The van der Waals surface area contributed by atoms with Gasteiger partial charge < -0.3 is 5.32 Å². The van der Waals surface area contributed by atoms with Crippen LogP contribution in [0.25, 0.3) is 0 Å². The van der Waals surface area contributed by atoms with Crippen molar-refractivity contribution >= 4 is 46.1 Å². The number of rotatable bonds is 2. The summed E-state index contributed by atoms with van der Waals surface area (Å²) in [7, 11) is 0. The van der Waals surface area contributed by atoms with Gasteiger partial charge in [0, 0.05) is 15.3 Å². The number of anilines is 1. The topological polar surface area (TPSA) is 29.1 Å². The Morgan fingerprint density at radius 2 is 2.19 bits per heavy atom. The third-order valence-electron chi connectivity index (χ3n) is 3.82. The first-order valence-corrected chi connectivity index (χ1v) is 8.54. The summed E-state index contributed by atoms with van der Waals surface area (Å²) in [6, 6.07) is 5.06. The lowest BCUT2D eigenvalue weighted by Gasteiger charge is -2.19. The minimum Gasteiger partial charge on any atom is -0.321 e. The van der Waals surface area contributed by atoms with Gasteiger partial charge in [0.2, 0.25) is 0 Å². The van der Waals surface area contributed by atoms with Crippen molar-refractivity contribution in [2.24, 2.45) is 5.92 Å². The summed E-state index contributed by atoms with van der Waals surface area (Å²) in [5, 5.41) is 5.86. The zero-order valence-electron chi connectivity index (χ0n) is 11.6. The van der Waals surface area contributed by atoms with Crippen LogP contribution in [-0.2, 0) is 12.8 Å². The first-order valence-electron chi connectivity index (χ1n) is 6.90. The molecule has 0 saturated heterocycles. The third kappa shape index (κ3) is 3.10. The molecule has 1 amide bonds. The van der Waals surface area contributed by atoms with Gasteiger partial charge in [-0.15, -0.1) is 11.3 Å². The fourth-order valence-electron chi connectivity index (χ4n) is 2.65. The number of carbonyl (C=O) groups is 1. The van der Waals surface area contributed by atoms with Crippen molar-refractivity contribution in [1.82, 2.24) is 0 Å². The van der Waals surface area contributed by atoms with E-state index in [0.29, 0.717) is 21.7 Å². The SMILES string of the molecule is C[C@H]1CCc2c(C(=O)Nc3cc(Cl)ccc3Cl)csc2C1. The Hall–Kier alpha value is -1.03. The van der Waals surface area contributed by atoms with Crippen molar-refractivity contribution in [2.45, 2.75) is 26.2 Å². The van der Waals surface area contributed by atoms with Crippen molar-refractivity contribution in [3.05, 3.63) is 49.6 Å². The van der Waals surface area contributed by atoms with Crippen LogP contribution in [-0.4, -0.2) is 5.91 Å². The van der Waals surface area contributed by atoms with Crippen LogP contribution in [0.15, 0.2) is 23.6 Å². The summed E-state index contributed by atoms with van der Waals surface area (Å²) in [4.78, 5) is 13.8. The molecule has 0 fully saturated rings. The molecule has 1 aliphatic rings. The lowest BCUT2D eigenvalue weighted by Crippen LogP contribution is -2.16. The molecule has 1 aliphatic carbocycles. The van der Waals surface area contributed by atoms with Crippen molar-refractivity contribution in [3.63, 3.8) is 0 Å². The van der Waals surface area contributed by atoms with Crippen molar-refractivity contribution in [3.8, 4) is 0 Å². The predicted molar refractivity (Wildman–Crippen MR) is 89.9 cm³/mol. The number of fused-ring (bicyclic) bond motifs is 1. The number of amides is 1. The van der Waals surface area contributed by atoms with Crippen molar-refractivity contribution in [2.75, 3.05) is 5.32 Å². The molecule has 110 valence electrons. The van der Waals surface area contributed by atoms with Gasteiger partial charge in [0.25, 0.3) is 5.91 Å². The number of hydrogen-bond acceptors (Lipinski definition) is 2. The molecular formula is C16H15Cl2NOS. The van der Waals surface area contributed by atoms with E-state index in [1.165, 1.54) is 10.4 Å². The van der Waals surface area contributed by atoms with Gasteiger partial charge in [-0.1, -0.05) is 30.1 Å². The highest BCUT2D eigenvalue weighted by Crippen LogP contribution is 2.34. The minimum atomic E-state index is -0.105. The molecule has 1 aromatic heterocycles. The quantitative estimate of drug-likeness (QED) is 0.776. The van der Waals surface area contributed by atoms with Gasteiger partial charge in [-0.25, -0.2) is 0 Å². The van der Waals surface area contributed by atoms with Gasteiger partial charge in [-0.3, -0.25) is 4.79 Å². The average molecular weight is 340 g/mol. The molecule has 2 nitrogen and oxygen atoms in total. The molecule has 0 radical (unpaired) electrons. The maximum absolute atomic E-state index is 12.5. The lowest BCUT2D eigenvalue weighted by atomic mass is 9.88. The first kappa shape index (κ1) is 14.9. The summed E-state index contributed by atoms with van der Waals surface area (Å²) in [5.74, 6) is 0.598. The van der Waals surface area contributed by atoms with Crippen LogP contribution in [0.2, 0.25) is 10.0 Å². The Balaban J connectivity index is 1.85. The van der Waals surface area contributed by atoms with Crippen molar-refractivity contribution < 1.29 is 4.79 Å². The molecule has 2 aromatic rings. The summed E-state index contributed by atoms with van der Waals surface area (Å²) >= 11 is 13.7. The van der Waals surface area contributed by atoms with Crippen molar-refractivity contribution in [1.29, 1.82) is 0 Å². The molecule has 3 rings (SSSR count). The van der Waals surface area contributed by atoms with E-state index in [1.54, 1.807) is 29.5 Å². The van der Waals surface area contributed by atoms with Gasteiger partial charge in [0.1, 0.15) is 0 Å². The Morgan fingerprint density at radius 1 is 1.38 bits per heavy atom. The Bertz CT molecular complexity index is 696. The summed E-state index contributed by atoms with van der Waals surface area (Å²) in [5.41, 5.74) is 2.53. The second-order valence-corrected chi connectivity index (χ2v) is 7.29. The number of halogens is 2. The van der Waals surface area contributed by atoms with Crippen LogP contribution in [0.3, 0.4) is 0 Å². The molecule has 1 atom stereocenters. The maximum Gasteiger partial charge on any atom is 0.256 e. The zero-order chi connectivity index (χ0) is 15.0. The fourth-order valence-corrected chi connectivity index (χ4v) is 4.23. The van der Waals surface area contributed by atoms with E-state index in [2.05, 4.69) is 12.2 Å². The number of carbonyl (C=O) groups excluding carboxylic acids is 1. The maximum atomic E-state index is 12.5. The summed E-state index contributed by atoms with van der Waals surface area (Å²) in [6.07, 6.45) is 3.19. The lowest BCUT2D eigenvalue weighted by molar-refractivity contribution is 0.102. The van der Waals surface area contributed by atoms with Crippen LogP contribution in [0.4, 0.5) is 5.69 Å². The summed E-state index contributed by atoms with van der Waals surface area (Å²) < 4.78 is 0. The second kappa shape index (κ2) is 5.99. The van der Waals surface area contributed by atoms with Crippen LogP contribution < -0.4 is 5.32 Å². The monoisotopic (exact) mass is 339 g/mol. The molecule has 0 unspecified atom stereocenters. The Morgan fingerprint density at radius 3 is 3.00 bits per heavy atom. The van der Waals surface area contributed by atoms with Crippen LogP contribution in [0.1, 0.15) is 34.1 Å². The molecule has 0 spiro atoms. The van der Waals surface area contributed by atoms with Gasteiger partial charge in [-0.2, -0.15) is 0 Å². The molecule has 0 aliphatic heterocycles. The van der Waals surface area contributed by atoms with Gasteiger partial charge >= 0.3 is 0 Å². The van der Waals surface area contributed by atoms with E-state index in [0.717, 1.165) is 24.8 Å². The number of benzene rings is 1. The number of hydrogen-bond donors (Lipinski definition) is 1. The zero-order valence-corrected chi connectivity index (χ0v) is 13.9. The smallest absolute Gasteiger partial charge is 0.256 e. The van der Waals surface area contributed by atoms with E-state index in [-0.39, 0.29) is 5.91 Å². The van der Waals surface area contributed by atoms with E-state index >= 15 is 0 Å². The Kier molecular flexibility index (Phi) is 4.25. The van der Waals surface area contributed by atoms with Crippen LogP contribution in [0, 0.1) is 5.92 Å². The molecular weight excluding hydrogens is 325 g/mol. The molecule has 1 heterocycles. The molecule has 1 N–H and O–H groups in total. The van der Waals surface area contributed by atoms with E-state index in [9.17, 15) is 4.79 Å². The molecule has 5 heteroatoms. The standard InChI is InChI=1S/C16H15Cl2NOS/c1-9-2-4-11-12(8-21-15(11)6-9)16(20)19-14-7-10(17)3-5-13(14)18/h3,5,7-9H,2,4,6H2,1H3,(H,19,20)/t9-/m0/s1. The van der Waals surface area contributed by atoms with Crippen LogP contribution >= 0.6 is 34.5 Å². The Labute approximate surface area is 138 Å². The second-order valence-electron chi connectivity index (χ2n) is 5.48. The first-order chi connectivity index (χ1) is 10.0. The van der Waals surface area contributed by atoms with Gasteiger partial charge in [0.05, 0.1) is 16.3 Å². The van der Waals surface area contributed by atoms with Gasteiger partial charge in [-0.05, 0) is 48.9 Å². The molecule has 1 aromatic carbocycles. The molecule has 0 bridgehead atoms. The predicted octanol–water partition coefficient (Wildman–Crippen LogP) is 5.43. The number of nitrogens with one attached hydrogen (secondary N) is 1. The van der Waals surface area contributed by atoms with E-state index in [1.807, 2.05) is 5.38 Å². The third-order valence-corrected chi connectivity index (χ3v) is 5.44. The minimum absolute atomic E-state index is 0.105. The normalized spacial score (nSPS) is 17.4. The average Bonchev–Trinajstić information content (AvgIpc) is 2.85. The van der Waals surface area contributed by atoms with Crippen LogP contribution in [0.5, 0.6) is 0 Å². The van der Waals surface area contributed by atoms with Gasteiger partial charge in [0.15, 0.2) is 0 Å².